The summed E-state index contributed by atoms with van der Waals surface area (Å²) < 4.78 is 4.98. The maximum Gasteiger partial charge on any atom is 0.414 e. The van der Waals surface area contributed by atoms with Crippen LogP contribution < -0.4 is 15.1 Å². The first-order valence-corrected chi connectivity index (χ1v) is 10.7. The normalized spacial score (nSPS) is 18.4. The van der Waals surface area contributed by atoms with Crippen LogP contribution in [0.5, 0.6) is 0 Å². The lowest BCUT2D eigenvalue weighted by molar-refractivity contribution is -0.384. The first-order chi connectivity index (χ1) is 15.3. The molecule has 2 aromatic rings. The number of anilines is 3. The smallest absolute Gasteiger partial charge is 0.414 e. The van der Waals surface area contributed by atoms with Crippen molar-refractivity contribution in [1.82, 2.24) is 0 Å². The van der Waals surface area contributed by atoms with Crippen molar-refractivity contribution >= 4 is 34.7 Å². The predicted octanol–water partition coefficient (Wildman–Crippen LogP) is 4.35. The molecule has 9 nitrogen and oxygen atoms in total. The first kappa shape index (κ1) is 21.6. The van der Waals surface area contributed by atoms with Crippen LogP contribution in [0, 0.1) is 23.0 Å². The van der Waals surface area contributed by atoms with Crippen LogP contribution in [0.2, 0.25) is 0 Å². The number of nitrogens with one attached hydrogen (secondary N) is 1. The van der Waals surface area contributed by atoms with Gasteiger partial charge in [-0.3, -0.25) is 19.8 Å². The van der Waals surface area contributed by atoms with E-state index in [1.807, 2.05) is 11.8 Å². The van der Waals surface area contributed by atoms with Crippen LogP contribution in [-0.4, -0.2) is 43.2 Å². The summed E-state index contributed by atoms with van der Waals surface area (Å²) in [6.07, 6.45) is 1.67. The maximum absolute atomic E-state index is 12.9. The Labute approximate surface area is 186 Å². The SMILES string of the molecule is Cc1ccc(N2CCOC2=O)cc1NC(=O)c1ccc(N2CCC[C@H](C)C2)c([N+](=O)[O-])c1. The molecule has 4 rings (SSSR count). The zero-order valence-corrected chi connectivity index (χ0v) is 18.2. The van der Waals surface area contributed by atoms with Crippen molar-refractivity contribution in [2.75, 3.05) is 41.4 Å². The van der Waals surface area contributed by atoms with Crippen LogP contribution in [-0.2, 0) is 4.74 Å². The van der Waals surface area contributed by atoms with Gasteiger partial charge in [-0.05, 0) is 55.5 Å². The largest absolute Gasteiger partial charge is 0.447 e. The van der Waals surface area contributed by atoms with E-state index in [2.05, 4.69) is 12.2 Å². The Bertz CT molecular complexity index is 1070. The summed E-state index contributed by atoms with van der Waals surface area (Å²) in [7, 11) is 0. The number of carbonyl (C=O) groups is 2. The van der Waals surface area contributed by atoms with Crippen molar-refractivity contribution in [3.63, 3.8) is 0 Å². The Balaban J connectivity index is 1.58. The number of nitrogens with zero attached hydrogens (tertiary/aromatic N) is 3. The summed E-state index contributed by atoms with van der Waals surface area (Å²) in [5.74, 6) is 0.0189. The Morgan fingerprint density at radius 1 is 1.22 bits per heavy atom. The van der Waals surface area contributed by atoms with E-state index in [-0.39, 0.29) is 11.3 Å². The minimum absolute atomic E-state index is 0.0722. The fraction of sp³-hybridized carbons (Fsp3) is 0.391. The molecule has 0 unspecified atom stereocenters. The molecule has 0 bridgehead atoms. The number of benzene rings is 2. The summed E-state index contributed by atoms with van der Waals surface area (Å²) >= 11 is 0. The molecule has 2 saturated heterocycles. The molecule has 0 aromatic heterocycles. The van der Waals surface area contributed by atoms with Gasteiger partial charge in [-0.1, -0.05) is 13.0 Å². The molecule has 0 saturated carbocycles. The van der Waals surface area contributed by atoms with Gasteiger partial charge in [-0.2, -0.15) is 0 Å². The van der Waals surface area contributed by atoms with Crippen molar-refractivity contribution < 1.29 is 19.2 Å². The Kier molecular flexibility index (Phi) is 5.98. The molecule has 2 aliphatic rings. The van der Waals surface area contributed by atoms with Gasteiger partial charge in [-0.15, -0.1) is 0 Å². The third-order valence-electron chi connectivity index (χ3n) is 5.97. The number of carbonyl (C=O) groups excluding carboxylic acids is 2. The van der Waals surface area contributed by atoms with Crippen molar-refractivity contribution in [3.05, 3.63) is 57.6 Å². The van der Waals surface area contributed by atoms with E-state index in [4.69, 9.17) is 4.74 Å². The number of aryl methyl sites for hydroxylation is 1. The zero-order valence-electron chi connectivity index (χ0n) is 18.2. The number of nitro benzene ring substituents is 1. The van der Waals surface area contributed by atoms with E-state index >= 15 is 0 Å². The van der Waals surface area contributed by atoms with Crippen molar-refractivity contribution in [2.24, 2.45) is 5.92 Å². The van der Waals surface area contributed by atoms with Crippen LogP contribution in [0.3, 0.4) is 0 Å². The van der Waals surface area contributed by atoms with Crippen molar-refractivity contribution in [3.8, 4) is 0 Å². The second-order valence-corrected chi connectivity index (χ2v) is 8.37. The molecule has 2 aromatic carbocycles. The highest BCUT2D eigenvalue weighted by Crippen LogP contribution is 2.33. The number of hydrogen-bond acceptors (Lipinski definition) is 6. The van der Waals surface area contributed by atoms with E-state index in [1.54, 1.807) is 30.3 Å². The molecular weight excluding hydrogens is 412 g/mol. The molecule has 2 heterocycles. The highest BCUT2D eigenvalue weighted by molar-refractivity contribution is 6.06. The standard InChI is InChI=1S/C23H26N4O5/c1-15-4-3-9-25(14-15)20-8-6-17(12-21(20)27(30)31)22(28)24-19-13-18(7-5-16(19)2)26-10-11-32-23(26)29/h5-8,12-13,15H,3-4,9-11,14H2,1-2H3,(H,24,28)/t15-/m0/s1. The quantitative estimate of drug-likeness (QED) is 0.550. The van der Waals surface area contributed by atoms with E-state index in [0.29, 0.717) is 36.1 Å². The summed E-state index contributed by atoms with van der Waals surface area (Å²) in [6, 6.07) is 9.91. The second kappa shape index (κ2) is 8.86. The van der Waals surface area contributed by atoms with Crippen molar-refractivity contribution in [1.29, 1.82) is 0 Å². The number of amides is 2. The highest BCUT2D eigenvalue weighted by atomic mass is 16.6. The maximum atomic E-state index is 12.9. The molecule has 9 heteroatoms. The minimum Gasteiger partial charge on any atom is -0.447 e. The lowest BCUT2D eigenvalue weighted by Crippen LogP contribution is -2.34. The van der Waals surface area contributed by atoms with Crippen LogP contribution in [0.25, 0.3) is 0 Å². The average Bonchev–Trinajstić information content (AvgIpc) is 3.20. The van der Waals surface area contributed by atoms with Gasteiger partial charge in [0.1, 0.15) is 12.3 Å². The number of nitro groups is 1. The molecule has 0 spiro atoms. The van der Waals surface area contributed by atoms with Gasteiger partial charge in [0.2, 0.25) is 0 Å². The van der Waals surface area contributed by atoms with Crippen molar-refractivity contribution in [2.45, 2.75) is 26.7 Å². The Morgan fingerprint density at radius 2 is 2.03 bits per heavy atom. The molecule has 2 amide bonds. The van der Waals surface area contributed by atoms with Gasteiger partial charge in [-0.25, -0.2) is 4.79 Å². The molecule has 1 N–H and O–H groups in total. The number of ether oxygens (including phenoxy) is 1. The number of hydrogen-bond donors (Lipinski definition) is 1. The Morgan fingerprint density at radius 3 is 2.72 bits per heavy atom. The summed E-state index contributed by atoms with van der Waals surface area (Å²) in [4.78, 5) is 39.6. The van der Waals surface area contributed by atoms with E-state index in [0.717, 1.165) is 31.5 Å². The van der Waals surface area contributed by atoms with Crippen LogP contribution >= 0.6 is 0 Å². The lowest BCUT2D eigenvalue weighted by atomic mass is 9.99. The number of rotatable bonds is 5. The summed E-state index contributed by atoms with van der Waals surface area (Å²) in [5.41, 5.74) is 2.64. The molecule has 32 heavy (non-hydrogen) atoms. The fourth-order valence-corrected chi connectivity index (χ4v) is 4.22. The first-order valence-electron chi connectivity index (χ1n) is 10.7. The lowest BCUT2D eigenvalue weighted by Gasteiger charge is -2.32. The summed E-state index contributed by atoms with van der Waals surface area (Å²) in [5, 5.41) is 14.6. The summed E-state index contributed by atoms with van der Waals surface area (Å²) in [6.45, 7) is 6.26. The van der Waals surface area contributed by atoms with Gasteiger partial charge in [0.15, 0.2) is 0 Å². The van der Waals surface area contributed by atoms with Gasteiger partial charge in [0.05, 0.1) is 11.5 Å². The monoisotopic (exact) mass is 438 g/mol. The molecule has 0 radical (unpaired) electrons. The third kappa shape index (κ3) is 4.37. The second-order valence-electron chi connectivity index (χ2n) is 8.37. The van der Waals surface area contributed by atoms with E-state index < -0.39 is 16.9 Å². The predicted molar refractivity (Wildman–Crippen MR) is 122 cm³/mol. The molecule has 168 valence electrons. The van der Waals surface area contributed by atoms with E-state index in [9.17, 15) is 19.7 Å². The fourth-order valence-electron chi connectivity index (χ4n) is 4.22. The minimum atomic E-state index is -0.448. The number of piperidine rings is 1. The van der Waals surface area contributed by atoms with Gasteiger partial charge < -0.3 is 15.0 Å². The van der Waals surface area contributed by atoms with Crippen LogP contribution in [0.4, 0.5) is 27.5 Å². The zero-order chi connectivity index (χ0) is 22.8. The Hall–Kier alpha value is -3.62. The van der Waals surface area contributed by atoms with Crippen LogP contribution in [0.15, 0.2) is 36.4 Å². The van der Waals surface area contributed by atoms with E-state index in [1.165, 1.54) is 11.0 Å². The van der Waals surface area contributed by atoms with Gasteiger partial charge in [0, 0.05) is 36.1 Å². The average molecular weight is 438 g/mol. The molecule has 1 atom stereocenters. The third-order valence-corrected chi connectivity index (χ3v) is 5.97. The molecule has 2 aliphatic heterocycles. The van der Waals surface area contributed by atoms with Gasteiger partial charge in [0.25, 0.3) is 11.6 Å². The molecule has 0 aliphatic carbocycles. The molecular formula is C23H26N4O5. The number of cyclic esters (lactones) is 1. The highest BCUT2D eigenvalue weighted by Gasteiger charge is 2.26. The van der Waals surface area contributed by atoms with Crippen LogP contribution in [0.1, 0.15) is 35.7 Å². The topological polar surface area (TPSA) is 105 Å². The molecule has 2 fully saturated rings. The van der Waals surface area contributed by atoms with Gasteiger partial charge >= 0.3 is 6.09 Å².